The van der Waals surface area contributed by atoms with Crippen molar-refractivity contribution in [1.82, 2.24) is 10.6 Å². The molecule has 2 atom stereocenters. The second kappa shape index (κ2) is 5.64. The Balaban J connectivity index is 2.58. The van der Waals surface area contributed by atoms with Crippen LogP contribution in [0.5, 0.6) is 0 Å². The molecule has 2 unspecified atom stereocenters. The van der Waals surface area contributed by atoms with Crippen molar-refractivity contribution >= 4 is 5.91 Å². The highest BCUT2D eigenvalue weighted by atomic mass is 16.5. The van der Waals surface area contributed by atoms with Gasteiger partial charge in [0.2, 0.25) is 5.91 Å². The zero-order chi connectivity index (χ0) is 12.2. The molecular formula is C12H24N2O2. The first-order valence-electron chi connectivity index (χ1n) is 6.11. The van der Waals surface area contributed by atoms with Gasteiger partial charge in [0.05, 0.1) is 12.6 Å². The van der Waals surface area contributed by atoms with Gasteiger partial charge in [-0.15, -0.1) is 0 Å². The van der Waals surface area contributed by atoms with Crippen LogP contribution in [0, 0.1) is 5.41 Å². The lowest BCUT2D eigenvalue weighted by Crippen LogP contribution is -2.64. The van der Waals surface area contributed by atoms with Gasteiger partial charge < -0.3 is 15.4 Å². The van der Waals surface area contributed by atoms with Gasteiger partial charge in [-0.05, 0) is 26.3 Å². The molecule has 1 aliphatic rings. The van der Waals surface area contributed by atoms with Gasteiger partial charge >= 0.3 is 0 Å². The standard InChI is InChI=1S/C12H24N2O2/c1-5-12(6-2)9(7-10(12)16-4)14-11(15)8-13-3/h9-10,13H,5-8H2,1-4H3,(H,14,15). The third-order valence-electron chi connectivity index (χ3n) is 4.06. The molecule has 0 heterocycles. The van der Waals surface area contributed by atoms with Gasteiger partial charge in [-0.1, -0.05) is 13.8 Å². The minimum atomic E-state index is 0.0772. The van der Waals surface area contributed by atoms with E-state index >= 15 is 0 Å². The molecule has 4 nitrogen and oxygen atoms in total. The molecule has 16 heavy (non-hydrogen) atoms. The smallest absolute Gasteiger partial charge is 0.234 e. The van der Waals surface area contributed by atoms with Crippen molar-refractivity contribution < 1.29 is 9.53 Å². The Morgan fingerprint density at radius 3 is 2.50 bits per heavy atom. The Hall–Kier alpha value is -0.610. The first-order chi connectivity index (χ1) is 7.64. The van der Waals surface area contributed by atoms with E-state index in [1.807, 2.05) is 0 Å². The van der Waals surface area contributed by atoms with Crippen LogP contribution in [0.4, 0.5) is 0 Å². The Morgan fingerprint density at radius 2 is 2.06 bits per heavy atom. The predicted octanol–water partition coefficient (Wildman–Crippen LogP) is 0.916. The van der Waals surface area contributed by atoms with Gasteiger partial charge in [0.15, 0.2) is 0 Å². The number of ether oxygens (including phenoxy) is 1. The quantitative estimate of drug-likeness (QED) is 0.710. The van der Waals surface area contributed by atoms with E-state index in [1.165, 1.54) is 0 Å². The van der Waals surface area contributed by atoms with Gasteiger partial charge in [-0.25, -0.2) is 0 Å². The molecule has 2 N–H and O–H groups in total. The Morgan fingerprint density at radius 1 is 1.44 bits per heavy atom. The Labute approximate surface area is 98.1 Å². The van der Waals surface area contributed by atoms with Crippen LogP contribution in [0.1, 0.15) is 33.1 Å². The number of carbonyl (C=O) groups excluding carboxylic acids is 1. The topological polar surface area (TPSA) is 50.4 Å². The molecule has 0 aromatic rings. The first kappa shape index (κ1) is 13.5. The average Bonchev–Trinajstić information content (AvgIpc) is 2.26. The minimum absolute atomic E-state index is 0.0772. The fraction of sp³-hybridized carbons (Fsp3) is 0.917. The Bertz CT molecular complexity index is 239. The number of hydrogen-bond donors (Lipinski definition) is 2. The van der Waals surface area contributed by atoms with Crippen LogP contribution in [0.3, 0.4) is 0 Å². The highest BCUT2D eigenvalue weighted by Gasteiger charge is 2.53. The minimum Gasteiger partial charge on any atom is -0.381 e. The van der Waals surface area contributed by atoms with Crippen LogP contribution in [-0.2, 0) is 9.53 Å². The summed E-state index contributed by atoms with van der Waals surface area (Å²) >= 11 is 0. The van der Waals surface area contributed by atoms with Crippen LogP contribution < -0.4 is 10.6 Å². The molecule has 1 aliphatic carbocycles. The van der Waals surface area contributed by atoms with Crippen LogP contribution in [-0.4, -0.2) is 38.8 Å². The van der Waals surface area contributed by atoms with Gasteiger partial charge in [0.25, 0.3) is 0 Å². The van der Waals surface area contributed by atoms with Crippen LogP contribution >= 0.6 is 0 Å². The van der Waals surface area contributed by atoms with Gasteiger partial charge in [-0.3, -0.25) is 4.79 Å². The van der Waals surface area contributed by atoms with Gasteiger partial charge in [-0.2, -0.15) is 0 Å². The van der Waals surface area contributed by atoms with Crippen molar-refractivity contribution in [2.45, 2.75) is 45.3 Å². The molecule has 0 saturated heterocycles. The molecule has 0 bridgehead atoms. The lowest BCUT2D eigenvalue weighted by Gasteiger charge is -2.55. The molecule has 0 aliphatic heterocycles. The van der Waals surface area contributed by atoms with E-state index in [9.17, 15) is 4.79 Å². The van der Waals surface area contributed by atoms with Crippen molar-refractivity contribution in [3.05, 3.63) is 0 Å². The van der Waals surface area contributed by atoms with Gasteiger partial charge in [0, 0.05) is 18.6 Å². The molecule has 1 rings (SSSR count). The van der Waals surface area contributed by atoms with E-state index in [0.717, 1.165) is 19.3 Å². The summed E-state index contributed by atoms with van der Waals surface area (Å²) in [5.41, 5.74) is 0.137. The van der Waals surface area contributed by atoms with Gasteiger partial charge in [0.1, 0.15) is 0 Å². The summed E-state index contributed by atoms with van der Waals surface area (Å²) in [6.07, 6.45) is 3.33. The third kappa shape index (κ3) is 2.23. The molecule has 4 heteroatoms. The summed E-state index contributed by atoms with van der Waals surface area (Å²) in [7, 11) is 3.54. The maximum Gasteiger partial charge on any atom is 0.234 e. The van der Waals surface area contributed by atoms with E-state index in [0.29, 0.717) is 12.6 Å². The highest BCUT2D eigenvalue weighted by molar-refractivity contribution is 5.78. The number of carbonyl (C=O) groups is 1. The molecule has 0 spiro atoms. The van der Waals surface area contributed by atoms with Crippen molar-refractivity contribution in [2.75, 3.05) is 20.7 Å². The van der Waals surface area contributed by atoms with E-state index in [-0.39, 0.29) is 17.4 Å². The van der Waals surface area contributed by atoms with E-state index in [4.69, 9.17) is 4.74 Å². The fourth-order valence-corrected chi connectivity index (χ4v) is 2.89. The number of hydrogen-bond acceptors (Lipinski definition) is 3. The lowest BCUT2D eigenvalue weighted by atomic mass is 9.58. The number of likely N-dealkylation sites (N-methyl/N-ethyl adjacent to an activating group) is 1. The summed E-state index contributed by atoms with van der Waals surface area (Å²) in [6, 6.07) is 0.272. The van der Waals surface area contributed by atoms with Crippen molar-refractivity contribution in [2.24, 2.45) is 5.41 Å². The molecule has 0 aromatic heterocycles. The molecule has 94 valence electrons. The average molecular weight is 228 g/mol. The second-order valence-corrected chi connectivity index (χ2v) is 4.55. The molecule has 1 saturated carbocycles. The fourth-order valence-electron chi connectivity index (χ4n) is 2.89. The number of methoxy groups -OCH3 is 1. The Kier molecular flexibility index (Phi) is 4.74. The second-order valence-electron chi connectivity index (χ2n) is 4.55. The van der Waals surface area contributed by atoms with Crippen molar-refractivity contribution in [3.63, 3.8) is 0 Å². The van der Waals surface area contributed by atoms with E-state index in [2.05, 4.69) is 24.5 Å². The summed E-state index contributed by atoms with van der Waals surface area (Å²) in [5, 5.41) is 5.96. The normalized spacial score (nSPS) is 27.2. The van der Waals surface area contributed by atoms with Crippen LogP contribution in [0.25, 0.3) is 0 Å². The summed E-state index contributed by atoms with van der Waals surface area (Å²) in [5.74, 6) is 0.0772. The summed E-state index contributed by atoms with van der Waals surface area (Å²) < 4.78 is 5.49. The monoisotopic (exact) mass is 228 g/mol. The van der Waals surface area contributed by atoms with Crippen LogP contribution in [0.2, 0.25) is 0 Å². The van der Waals surface area contributed by atoms with Crippen LogP contribution in [0.15, 0.2) is 0 Å². The summed E-state index contributed by atoms with van der Waals surface area (Å²) in [4.78, 5) is 11.5. The maximum atomic E-state index is 11.5. The zero-order valence-corrected chi connectivity index (χ0v) is 10.8. The SMILES string of the molecule is CCC1(CC)C(NC(=O)CNC)CC1OC. The molecule has 0 aromatic carbocycles. The number of nitrogens with one attached hydrogen (secondary N) is 2. The molecule has 0 radical (unpaired) electrons. The first-order valence-corrected chi connectivity index (χ1v) is 6.11. The molecule has 1 amide bonds. The van der Waals surface area contributed by atoms with Crippen molar-refractivity contribution in [3.8, 4) is 0 Å². The summed E-state index contributed by atoms with van der Waals surface area (Å²) in [6.45, 7) is 4.73. The van der Waals surface area contributed by atoms with E-state index < -0.39 is 0 Å². The lowest BCUT2D eigenvalue weighted by molar-refractivity contribution is -0.140. The number of amides is 1. The predicted molar refractivity (Wildman–Crippen MR) is 64.3 cm³/mol. The van der Waals surface area contributed by atoms with E-state index in [1.54, 1.807) is 14.2 Å². The zero-order valence-electron chi connectivity index (χ0n) is 10.8. The third-order valence-corrected chi connectivity index (χ3v) is 4.06. The highest BCUT2D eigenvalue weighted by Crippen LogP contribution is 2.48. The largest absolute Gasteiger partial charge is 0.381 e. The number of rotatable bonds is 6. The molecular weight excluding hydrogens is 204 g/mol. The molecule has 1 fully saturated rings. The maximum absolute atomic E-state index is 11.5. The van der Waals surface area contributed by atoms with Crippen molar-refractivity contribution in [1.29, 1.82) is 0 Å².